The largest absolute Gasteiger partial charge is 0.507 e. The Balaban J connectivity index is 0.000000557. The van der Waals surface area contributed by atoms with Gasteiger partial charge in [-0.05, 0) is 23.0 Å². The molecule has 0 saturated carbocycles. The topological polar surface area (TPSA) is 83.6 Å². The highest BCUT2D eigenvalue weighted by Crippen LogP contribution is 2.32. The zero-order chi connectivity index (χ0) is 13.6. The van der Waals surface area contributed by atoms with E-state index in [1.807, 2.05) is 18.2 Å². The molecule has 1 aromatic carbocycles. The minimum atomic E-state index is -1.50. The number of rotatable bonds is 2. The van der Waals surface area contributed by atoms with Crippen molar-refractivity contribution >= 4 is 0 Å². The van der Waals surface area contributed by atoms with Gasteiger partial charge in [-0.1, -0.05) is 45.9 Å². The van der Waals surface area contributed by atoms with Crippen LogP contribution in [0.4, 0.5) is 0 Å². The van der Waals surface area contributed by atoms with Crippen molar-refractivity contribution in [2.24, 2.45) is 0 Å². The summed E-state index contributed by atoms with van der Waals surface area (Å²) in [5, 5.41) is 23.6. The maximum Gasteiger partial charge on any atom is 0.291 e. The summed E-state index contributed by atoms with van der Waals surface area (Å²) in [6, 6.07) is 6.00. The minimum absolute atomic E-state index is 0.388. The fraction of sp³-hybridized carbons (Fsp3) is 0.500. The van der Waals surface area contributed by atoms with Gasteiger partial charge in [-0.2, -0.15) is 0 Å². The number of aromatic hydroxyl groups is 1. The number of phenols is 1. The lowest BCUT2D eigenvalue weighted by Gasteiger charge is -2.14. The van der Waals surface area contributed by atoms with E-state index in [2.05, 4.69) is 27.7 Å². The van der Waals surface area contributed by atoms with E-state index in [1.165, 1.54) is 0 Å². The Bertz CT molecular complexity index is 345. The van der Waals surface area contributed by atoms with E-state index in [0.717, 1.165) is 11.1 Å². The summed E-state index contributed by atoms with van der Waals surface area (Å²) in [4.78, 5) is 8.36. The fourth-order valence-electron chi connectivity index (χ4n) is 1.51. The molecule has 0 bridgehead atoms. The van der Waals surface area contributed by atoms with E-state index < -0.39 is 5.09 Å². The average molecular weight is 241 g/mol. The molecule has 5 heteroatoms. The number of nitrogens with zero attached hydrogens (tertiary/aromatic N) is 1. The van der Waals surface area contributed by atoms with Crippen molar-refractivity contribution in [3.05, 3.63) is 39.4 Å². The second-order valence-corrected chi connectivity index (χ2v) is 4.33. The number of benzene rings is 1. The summed E-state index contributed by atoms with van der Waals surface area (Å²) in [7, 11) is 0. The first kappa shape index (κ1) is 15.2. The number of para-hydroxylation sites is 1. The highest BCUT2D eigenvalue weighted by molar-refractivity contribution is 5.43. The van der Waals surface area contributed by atoms with Gasteiger partial charge in [-0.25, -0.2) is 0 Å². The highest BCUT2D eigenvalue weighted by atomic mass is 16.9. The van der Waals surface area contributed by atoms with Crippen LogP contribution in [-0.2, 0) is 0 Å². The van der Waals surface area contributed by atoms with Gasteiger partial charge in [-0.3, -0.25) is 0 Å². The molecule has 0 saturated heterocycles. The Kier molecular flexibility index (Phi) is 6.02. The summed E-state index contributed by atoms with van der Waals surface area (Å²) in [6.07, 6.45) is 0. The molecule has 0 aliphatic rings. The van der Waals surface area contributed by atoms with E-state index in [-0.39, 0.29) is 0 Å². The Morgan fingerprint density at radius 3 is 1.65 bits per heavy atom. The van der Waals surface area contributed by atoms with Gasteiger partial charge >= 0.3 is 0 Å². The lowest BCUT2D eigenvalue weighted by molar-refractivity contribution is -0.742. The van der Waals surface area contributed by atoms with Crippen molar-refractivity contribution in [3.63, 3.8) is 0 Å². The zero-order valence-electron chi connectivity index (χ0n) is 10.5. The van der Waals surface area contributed by atoms with Gasteiger partial charge < -0.3 is 10.3 Å². The molecule has 0 aliphatic carbocycles. The van der Waals surface area contributed by atoms with Gasteiger partial charge in [0.2, 0.25) is 0 Å². The van der Waals surface area contributed by atoms with Crippen LogP contribution in [0.1, 0.15) is 50.7 Å². The van der Waals surface area contributed by atoms with Crippen LogP contribution in [0.15, 0.2) is 18.2 Å². The first-order valence-corrected chi connectivity index (χ1v) is 5.42. The lowest BCUT2D eigenvalue weighted by Crippen LogP contribution is -1.94. The number of hydrogen-bond donors (Lipinski definition) is 2. The maximum absolute atomic E-state index is 9.93. The SMILES string of the molecule is CC(C)c1cccc(C(C)C)c1O.O=[N+]([O-])O. The molecule has 5 nitrogen and oxygen atoms in total. The molecule has 96 valence electrons. The van der Waals surface area contributed by atoms with Crippen molar-refractivity contribution in [3.8, 4) is 5.75 Å². The van der Waals surface area contributed by atoms with Crippen molar-refractivity contribution in [2.45, 2.75) is 39.5 Å². The molecule has 1 rings (SSSR count). The minimum Gasteiger partial charge on any atom is -0.507 e. The van der Waals surface area contributed by atoms with E-state index in [4.69, 9.17) is 15.3 Å². The van der Waals surface area contributed by atoms with Gasteiger partial charge in [0, 0.05) is 0 Å². The molecule has 2 N–H and O–H groups in total. The van der Waals surface area contributed by atoms with Gasteiger partial charge in [-0.15, -0.1) is 10.1 Å². The van der Waals surface area contributed by atoms with Crippen molar-refractivity contribution in [1.29, 1.82) is 0 Å². The molecular weight excluding hydrogens is 222 g/mol. The average Bonchev–Trinajstić information content (AvgIpc) is 2.15. The maximum atomic E-state index is 9.93. The van der Waals surface area contributed by atoms with Crippen molar-refractivity contribution in [1.82, 2.24) is 0 Å². The normalized spacial score (nSPS) is 10.0. The summed E-state index contributed by atoms with van der Waals surface area (Å²) in [5.41, 5.74) is 2.09. The van der Waals surface area contributed by atoms with Crippen LogP contribution in [-0.4, -0.2) is 15.4 Å². The monoisotopic (exact) mass is 241 g/mol. The fourth-order valence-corrected chi connectivity index (χ4v) is 1.51. The Morgan fingerprint density at radius 2 is 1.41 bits per heavy atom. The summed E-state index contributed by atoms with van der Waals surface area (Å²) >= 11 is 0. The second-order valence-electron chi connectivity index (χ2n) is 4.33. The zero-order valence-corrected chi connectivity index (χ0v) is 10.5. The molecular formula is C12H19NO4. The van der Waals surface area contributed by atoms with Crippen LogP contribution in [0.25, 0.3) is 0 Å². The van der Waals surface area contributed by atoms with Crippen LogP contribution in [0, 0.1) is 10.1 Å². The number of phenolic OH excluding ortho intramolecular Hbond substituents is 1. The molecule has 0 heterocycles. The smallest absolute Gasteiger partial charge is 0.291 e. The molecule has 0 unspecified atom stereocenters. The Hall–Kier alpha value is -1.78. The first-order chi connectivity index (χ1) is 7.77. The van der Waals surface area contributed by atoms with Gasteiger partial charge in [0.15, 0.2) is 0 Å². The lowest BCUT2D eigenvalue weighted by atomic mass is 9.94. The molecule has 0 atom stereocenters. The van der Waals surface area contributed by atoms with Crippen LogP contribution in [0.2, 0.25) is 0 Å². The summed E-state index contributed by atoms with van der Waals surface area (Å²) in [5.74, 6) is 1.25. The number of hydrogen-bond acceptors (Lipinski definition) is 3. The van der Waals surface area contributed by atoms with E-state index in [0.29, 0.717) is 17.6 Å². The third-order valence-electron chi connectivity index (χ3n) is 2.34. The Morgan fingerprint density at radius 1 is 1.12 bits per heavy atom. The quantitative estimate of drug-likeness (QED) is 0.614. The standard InChI is InChI=1S/C12H18O.HNO3/c1-8(2)10-6-5-7-11(9(3)4)12(10)13;2-1(3)4/h5-9,13H,1-4H3;(H,2,3,4). The van der Waals surface area contributed by atoms with E-state index in [9.17, 15) is 5.11 Å². The van der Waals surface area contributed by atoms with Crippen molar-refractivity contribution < 1.29 is 15.4 Å². The molecule has 0 fully saturated rings. The second kappa shape index (κ2) is 6.73. The molecule has 0 amide bonds. The van der Waals surface area contributed by atoms with Crippen LogP contribution in [0.5, 0.6) is 5.75 Å². The molecule has 0 aliphatic heterocycles. The van der Waals surface area contributed by atoms with E-state index >= 15 is 0 Å². The van der Waals surface area contributed by atoms with Crippen LogP contribution in [0.3, 0.4) is 0 Å². The third kappa shape index (κ3) is 5.19. The summed E-state index contributed by atoms with van der Waals surface area (Å²) < 4.78 is 0. The summed E-state index contributed by atoms with van der Waals surface area (Å²) in [6.45, 7) is 8.39. The predicted molar refractivity (Wildman–Crippen MR) is 65.1 cm³/mol. The van der Waals surface area contributed by atoms with Crippen LogP contribution >= 0.6 is 0 Å². The van der Waals surface area contributed by atoms with Crippen LogP contribution < -0.4 is 0 Å². The van der Waals surface area contributed by atoms with Gasteiger partial charge in [0.1, 0.15) is 5.75 Å². The molecule has 17 heavy (non-hydrogen) atoms. The Labute approximate surface area is 101 Å². The molecule has 0 radical (unpaired) electrons. The molecule has 1 aromatic rings. The first-order valence-electron chi connectivity index (χ1n) is 5.42. The van der Waals surface area contributed by atoms with Gasteiger partial charge in [0.25, 0.3) is 5.09 Å². The molecule has 0 spiro atoms. The van der Waals surface area contributed by atoms with Crippen molar-refractivity contribution in [2.75, 3.05) is 0 Å². The van der Waals surface area contributed by atoms with Gasteiger partial charge in [0.05, 0.1) is 0 Å². The predicted octanol–water partition coefficient (Wildman–Crippen LogP) is 3.29. The highest BCUT2D eigenvalue weighted by Gasteiger charge is 2.11. The van der Waals surface area contributed by atoms with E-state index in [1.54, 1.807) is 0 Å². The molecule has 0 aromatic heterocycles. The third-order valence-corrected chi connectivity index (χ3v) is 2.34.